The van der Waals surface area contributed by atoms with Gasteiger partial charge in [-0.1, -0.05) is 37.3 Å². The second-order valence-corrected chi connectivity index (χ2v) is 6.50. The summed E-state index contributed by atoms with van der Waals surface area (Å²) in [5.41, 5.74) is 1.70. The van der Waals surface area contributed by atoms with Crippen molar-refractivity contribution in [2.45, 2.75) is 20.8 Å². The SMILES string of the molecule is CCSC1=C(C(=O)/C(C)=C/c2ccccc2)C(=O)C=C(C)C1=O. The molecule has 0 atom stereocenters. The summed E-state index contributed by atoms with van der Waals surface area (Å²) in [5, 5.41) is 0. The van der Waals surface area contributed by atoms with Crippen molar-refractivity contribution < 1.29 is 14.4 Å². The van der Waals surface area contributed by atoms with Crippen LogP contribution in [0.15, 0.2) is 58.0 Å². The van der Waals surface area contributed by atoms with Crippen molar-refractivity contribution in [3.8, 4) is 0 Å². The van der Waals surface area contributed by atoms with E-state index in [1.807, 2.05) is 37.3 Å². The molecule has 3 nitrogen and oxygen atoms in total. The van der Waals surface area contributed by atoms with E-state index in [2.05, 4.69) is 0 Å². The third kappa shape index (κ3) is 3.77. The Hall–Kier alpha value is -2.20. The molecule has 0 spiro atoms. The van der Waals surface area contributed by atoms with Gasteiger partial charge in [0.25, 0.3) is 0 Å². The Morgan fingerprint density at radius 3 is 2.43 bits per heavy atom. The molecule has 1 aromatic rings. The highest BCUT2D eigenvalue weighted by molar-refractivity contribution is 8.04. The largest absolute Gasteiger partial charge is 0.289 e. The fraction of sp³-hybridized carbons (Fsp3) is 0.211. The molecule has 2 rings (SSSR count). The lowest BCUT2D eigenvalue weighted by molar-refractivity contribution is -0.119. The molecule has 0 aliphatic heterocycles. The van der Waals surface area contributed by atoms with E-state index in [9.17, 15) is 14.4 Å². The Morgan fingerprint density at radius 2 is 1.83 bits per heavy atom. The molecule has 0 unspecified atom stereocenters. The summed E-state index contributed by atoms with van der Waals surface area (Å²) in [7, 11) is 0. The van der Waals surface area contributed by atoms with E-state index < -0.39 is 0 Å². The summed E-state index contributed by atoms with van der Waals surface area (Å²) in [5.74, 6) is -0.372. The molecule has 118 valence electrons. The second kappa shape index (κ2) is 7.38. The molecule has 0 aromatic heterocycles. The van der Waals surface area contributed by atoms with Crippen LogP contribution >= 0.6 is 11.8 Å². The summed E-state index contributed by atoms with van der Waals surface area (Å²) in [6.45, 7) is 5.15. The molecule has 23 heavy (non-hydrogen) atoms. The number of benzene rings is 1. The molecule has 0 radical (unpaired) electrons. The highest BCUT2D eigenvalue weighted by Crippen LogP contribution is 2.30. The van der Waals surface area contributed by atoms with E-state index >= 15 is 0 Å². The van der Waals surface area contributed by atoms with Gasteiger partial charge in [0.05, 0.1) is 10.5 Å². The maximum Gasteiger partial charge on any atom is 0.196 e. The van der Waals surface area contributed by atoms with Gasteiger partial charge in [0.2, 0.25) is 0 Å². The highest BCUT2D eigenvalue weighted by atomic mass is 32.2. The molecular weight excluding hydrogens is 308 g/mol. The molecule has 1 aromatic carbocycles. The first kappa shape index (κ1) is 17.2. The second-order valence-electron chi connectivity index (χ2n) is 5.23. The molecule has 0 bridgehead atoms. The van der Waals surface area contributed by atoms with E-state index in [-0.39, 0.29) is 27.8 Å². The number of carbonyl (C=O) groups is 3. The van der Waals surface area contributed by atoms with Crippen molar-refractivity contribution in [3.05, 3.63) is 63.6 Å². The van der Waals surface area contributed by atoms with Gasteiger partial charge in [-0.2, -0.15) is 0 Å². The van der Waals surface area contributed by atoms with Crippen LogP contribution in [0.2, 0.25) is 0 Å². The van der Waals surface area contributed by atoms with Gasteiger partial charge in [0.1, 0.15) is 0 Å². The van der Waals surface area contributed by atoms with Gasteiger partial charge in [-0.15, -0.1) is 11.8 Å². The third-order valence-corrected chi connectivity index (χ3v) is 4.41. The van der Waals surface area contributed by atoms with E-state index in [1.165, 1.54) is 17.8 Å². The fourth-order valence-electron chi connectivity index (χ4n) is 2.30. The van der Waals surface area contributed by atoms with Crippen molar-refractivity contribution in [1.29, 1.82) is 0 Å². The summed E-state index contributed by atoms with van der Waals surface area (Å²) in [6, 6.07) is 9.41. The van der Waals surface area contributed by atoms with Gasteiger partial charge in [0, 0.05) is 5.57 Å². The molecule has 0 N–H and O–H groups in total. The Labute approximate surface area is 140 Å². The molecule has 0 fully saturated rings. The summed E-state index contributed by atoms with van der Waals surface area (Å²) >= 11 is 1.25. The molecule has 0 saturated heterocycles. The minimum absolute atomic E-state index is 0.00266. The van der Waals surface area contributed by atoms with Crippen LogP contribution in [0.3, 0.4) is 0 Å². The predicted molar refractivity (Wildman–Crippen MR) is 94.0 cm³/mol. The maximum absolute atomic E-state index is 12.7. The molecule has 4 heteroatoms. The lowest BCUT2D eigenvalue weighted by Crippen LogP contribution is -2.23. The Bertz CT molecular complexity index is 752. The molecule has 1 aliphatic carbocycles. The van der Waals surface area contributed by atoms with Gasteiger partial charge in [0.15, 0.2) is 17.3 Å². The lowest BCUT2D eigenvalue weighted by Gasteiger charge is -2.16. The van der Waals surface area contributed by atoms with Gasteiger partial charge < -0.3 is 0 Å². The number of rotatable bonds is 5. The zero-order valence-corrected chi connectivity index (χ0v) is 14.2. The van der Waals surface area contributed by atoms with E-state index in [1.54, 1.807) is 19.9 Å². The number of Topliss-reactive ketones (excluding diaryl/α,β-unsaturated/α-hetero) is 2. The summed E-state index contributed by atoms with van der Waals surface area (Å²) in [4.78, 5) is 37.5. The van der Waals surface area contributed by atoms with E-state index in [0.29, 0.717) is 16.9 Å². The first-order valence-electron chi connectivity index (χ1n) is 7.38. The smallest absolute Gasteiger partial charge is 0.196 e. The van der Waals surface area contributed by atoms with Crippen molar-refractivity contribution >= 4 is 35.2 Å². The predicted octanol–water partition coefficient (Wildman–Crippen LogP) is 3.76. The van der Waals surface area contributed by atoms with E-state index in [0.717, 1.165) is 5.56 Å². The van der Waals surface area contributed by atoms with Crippen LogP contribution in [0.1, 0.15) is 26.3 Å². The van der Waals surface area contributed by atoms with Gasteiger partial charge in [-0.25, -0.2) is 0 Å². The van der Waals surface area contributed by atoms with Crippen LogP contribution in [0.4, 0.5) is 0 Å². The summed E-state index contributed by atoms with van der Waals surface area (Å²) in [6.07, 6.45) is 2.98. The topological polar surface area (TPSA) is 51.2 Å². The maximum atomic E-state index is 12.7. The normalized spacial score (nSPS) is 15.8. The van der Waals surface area contributed by atoms with Crippen LogP contribution in [0.25, 0.3) is 6.08 Å². The van der Waals surface area contributed by atoms with Crippen molar-refractivity contribution in [3.63, 3.8) is 0 Å². The van der Waals surface area contributed by atoms with Gasteiger partial charge in [-0.3, -0.25) is 14.4 Å². The molecule has 0 amide bonds. The fourth-order valence-corrected chi connectivity index (χ4v) is 3.22. The van der Waals surface area contributed by atoms with Crippen LogP contribution < -0.4 is 0 Å². The Balaban J connectivity index is 2.44. The minimum atomic E-state index is -0.385. The number of hydrogen-bond acceptors (Lipinski definition) is 4. The first-order valence-corrected chi connectivity index (χ1v) is 8.36. The number of carbonyl (C=O) groups excluding carboxylic acids is 3. The third-order valence-electron chi connectivity index (χ3n) is 3.44. The van der Waals surface area contributed by atoms with Crippen LogP contribution in [-0.2, 0) is 14.4 Å². The summed E-state index contributed by atoms with van der Waals surface area (Å²) < 4.78 is 0. The molecule has 0 saturated carbocycles. The van der Waals surface area contributed by atoms with Crippen LogP contribution in [-0.4, -0.2) is 23.1 Å². The monoisotopic (exact) mass is 326 g/mol. The van der Waals surface area contributed by atoms with Gasteiger partial charge >= 0.3 is 0 Å². The van der Waals surface area contributed by atoms with Crippen molar-refractivity contribution in [1.82, 2.24) is 0 Å². The number of thioether (sulfide) groups is 1. The highest BCUT2D eigenvalue weighted by Gasteiger charge is 2.31. The number of ketones is 3. The van der Waals surface area contributed by atoms with Crippen molar-refractivity contribution in [2.24, 2.45) is 0 Å². The number of allylic oxidation sites excluding steroid dienone is 5. The Morgan fingerprint density at radius 1 is 1.17 bits per heavy atom. The molecular formula is C19H18O3S. The standard InChI is InChI=1S/C19H18O3S/c1-4-23-19-16(15(20)11-13(3)18(19)22)17(21)12(2)10-14-8-6-5-7-9-14/h5-11H,4H2,1-3H3/b12-10+. The van der Waals surface area contributed by atoms with Crippen LogP contribution in [0.5, 0.6) is 0 Å². The lowest BCUT2D eigenvalue weighted by atomic mass is 9.91. The zero-order valence-electron chi connectivity index (χ0n) is 13.4. The first-order chi connectivity index (χ1) is 11.0. The van der Waals surface area contributed by atoms with Crippen LogP contribution in [0, 0.1) is 0 Å². The Kier molecular flexibility index (Phi) is 5.50. The molecule has 1 aliphatic rings. The van der Waals surface area contributed by atoms with Crippen molar-refractivity contribution in [2.75, 3.05) is 5.75 Å². The average molecular weight is 326 g/mol. The van der Waals surface area contributed by atoms with Gasteiger partial charge in [-0.05, 0) is 42.9 Å². The molecule has 0 heterocycles. The zero-order chi connectivity index (χ0) is 17.0. The average Bonchev–Trinajstić information content (AvgIpc) is 2.53. The van der Waals surface area contributed by atoms with E-state index in [4.69, 9.17) is 0 Å². The minimum Gasteiger partial charge on any atom is -0.289 e. The quantitative estimate of drug-likeness (QED) is 0.469. The number of hydrogen-bond donors (Lipinski definition) is 0.